The molecule has 3 heterocycles. The van der Waals surface area contributed by atoms with E-state index in [1.165, 1.54) is 0 Å². The van der Waals surface area contributed by atoms with Crippen LogP contribution in [0.4, 0.5) is 0 Å². The van der Waals surface area contributed by atoms with Crippen molar-refractivity contribution in [1.82, 2.24) is 9.80 Å². The molecule has 5 nitrogen and oxygen atoms in total. The van der Waals surface area contributed by atoms with Crippen LogP contribution in [-0.2, 0) is 9.84 Å². The number of nitrogens with zero attached hydrogens (tertiary/aromatic N) is 2. The van der Waals surface area contributed by atoms with Crippen LogP contribution in [0.2, 0.25) is 0 Å². The Bertz CT molecular complexity index is 834. The third-order valence-corrected chi connectivity index (χ3v) is 7.82. The quantitative estimate of drug-likeness (QED) is 0.816. The van der Waals surface area contributed by atoms with Crippen LogP contribution < -0.4 is 0 Å². The first-order valence-corrected chi connectivity index (χ1v) is 10.9. The number of carbonyl (C=O) groups excluding carboxylic acids is 1. The maximum Gasteiger partial charge on any atom is 0.264 e. The van der Waals surface area contributed by atoms with Crippen molar-refractivity contribution in [2.45, 2.75) is 12.5 Å². The van der Waals surface area contributed by atoms with Crippen molar-refractivity contribution in [3.05, 3.63) is 35.2 Å². The van der Waals surface area contributed by atoms with Crippen molar-refractivity contribution in [1.29, 1.82) is 0 Å². The Morgan fingerprint density at radius 2 is 1.88 bits per heavy atom. The van der Waals surface area contributed by atoms with Gasteiger partial charge in [-0.3, -0.25) is 9.69 Å². The highest BCUT2D eigenvalue weighted by Crippen LogP contribution is 2.27. The molecule has 0 N–H and O–H groups in total. The molecule has 1 atom stereocenters. The number of sulfone groups is 1. The highest BCUT2D eigenvalue weighted by molar-refractivity contribution is 7.91. The van der Waals surface area contributed by atoms with E-state index in [1.807, 2.05) is 35.2 Å². The second-order valence-corrected chi connectivity index (χ2v) is 9.85. The summed E-state index contributed by atoms with van der Waals surface area (Å²) in [6.45, 7) is 2.86. The van der Waals surface area contributed by atoms with Gasteiger partial charge in [0, 0.05) is 36.9 Å². The van der Waals surface area contributed by atoms with Crippen LogP contribution in [0.15, 0.2) is 30.3 Å². The minimum absolute atomic E-state index is 0.0925. The van der Waals surface area contributed by atoms with Gasteiger partial charge < -0.3 is 4.90 Å². The highest BCUT2D eigenvalue weighted by atomic mass is 32.2. The summed E-state index contributed by atoms with van der Waals surface area (Å²) in [5.74, 6) is 0.672. The summed E-state index contributed by atoms with van der Waals surface area (Å²) in [7, 11) is -2.85. The summed E-state index contributed by atoms with van der Waals surface area (Å²) >= 11 is 1.54. The summed E-state index contributed by atoms with van der Waals surface area (Å²) in [5.41, 5.74) is 0. The van der Waals surface area contributed by atoms with Crippen LogP contribution in [0.5, 0.6) is 0 Å². The highest BCUT2D eigenvalue weighted by Gasteiger charge is 2.34. The van der Waals surface area contributed by atoms with Gasteiger partial charge in [-0.15, -0.1) is 11.3 Å². The van der Waals surface area contributed by atoms with Crippen molar-refractivity contribution in [2.24, 2.45) is 0 Å². The molecule has 0 spiro atoms. The second kappa shape index (κ2) is 6.13. The maximum atomic E-state index is 12.7. The SMILES string of the molecule is O=C(c1cc2ccccc2s1)N1CCN([C@H]2CCS(=O)(=O)C2)CC1. The van der Waals surface area contributed by atoms with E-state index in [0.717, 1.165) is 34.5 Å². The molecular formula is C17H20N2O3S2. The largest absolute Gasteiger partial charge is 0.335 e. The molecule has 2 aliphatic rings. The van der Waals surface area contributed by atoms with Gasteiger partial charge in [0.1, 0.15) is 0 Å². The zero-order valence-electron chi connectivity index (χ0n) is 13.3. The smallest absolute Gasteiger partial charge is 0.264 e. The topological polar surface area (TPSA) is 57.7 Å². The average Bonchev–Trinajstić information content (AvgIpc) is 3.17. The Morgan fingerprint density at radius 3 is 2.54 bits per heavy atom. The fraction of sp³-hybridized carbons (Fsp3) is 0.471. The van der Waals surface area contributed by atoms with Crippen LogP contribution in [0, 0.1) is 0 Å². The molecule has 7 heteroatoms. The zero-order chi connectivity index (χ0) is 16.7. The molecule has 0 unspecified atom stereocenters. The summed E-state index contributed by atoms with van der Waals surface area (Å²) in [5, 5.41) is 1.11. The van der Waals surface area contributed by atoms with E-state index in [4.69, 9.17) is 0 Å². The van der Waals surface area contributed by atoms with Gasteiger partial charge in [-0.1, -0.05) is 18.2 Å². The van der Waals surface area contributed by atoms with E-state index in [1.54, 1.807) is 11.3 Å². The van der Waals surface area contributed by atoms with Gasteiger partial charge in [0.15, 0.2) is 9.84 Å². The summed E-state index contributed by atoms with van der Waals surface area (Å²) in [6, 6.07) is 10.1. The number of rotatable bonds is 2. The summed E-state index contributed by atoms with van der Waals surface area (Å²) in [6.07, 6.45) is 0.729. The van der Waals surface area contributed by atoms with Crippen molar-refractivity contribution in [3.8, 4) is 0 Å². The number of hydrogen-bond acceptors (Lipinski definition) is 5. The molecule has 2 aliphatic heterocycles. The third kappa shape index (κ3) is 3.08. The zero-order valence-corrected chi connectivity index (χ0v) is 15.0. The molecule has 2 fully saturated rings. The van der Waals surface area contributed by atoms with E-state index >= 15 is 0 Å². The minimum Gasteiger partial charge on any atom is -0.335 e. The van der Waals surface area contributed by atoms with Crippen molar-refractivity contribution in [2.75, 3.05) is 37.7 Å². The van der Waals surface area contributed by atoms with Crippen molar-refractivity contribution >= 4 is 37.2 Å². The van der Waals surface area contributed by atoms with E-state index < -0.39 is 9.84 Å². The molecular weight excluding hydrogens is 344 g/mol. The van der Waals surface area contributed by atoms with Crippen LogP contribution in [0.1, 0.15) is 16.1 Å². The monoisotopic (exact) mass is 364 g/mol. The van der Waals surface area contributed by atoms with E-state index in [0.29, 0.717) is 18.8 Å². The molecule has 2 saturated heterocycles. The molecule has 1 aromatic carbocycles. The summed E-state index contributed by atoms with van der Waals surface area (Å²) < 4.78 is 24.4. The third-order valence-electron chi connectivity index (χ3n) is 4.96. The van der Waals surface area contributed by atoms with Crippen LogP contribution in [-0.4, -0.2) is 67.9 Å². The predicted molar refractivity (Wildman–Crippen MR) is 96.4 cm³/mol. The van der Waals surface area contributed by atoms with Crippen molar-refractivity contribution < 1.29 is 13.2 Å². The Hall–Kier alpha value is -1.44. The average molecular weight is 364 g/mol. The Labute approximate surface area is 145 Å². The molecule has 1 aromatic heterocycles. The minimum atomic E-state index is -2.85. The van der Waals surface area contributed by atoms with E-state index in [9.17, 15) is 13.2 Å². The van der Waals surface area contributed by atoms with Crippen LogP contribution in [0.25, 0.3) is 10.1 Å². The molecule has 24 heavy (non-hydrogen) atoms. The number of fused-ring (bicyclic) bond motifs is 1. The van der Waals surface area contributed by atoms with Crippen LogP contribution >= 0.6 is 11.3 Å². The predicted octanol–water partition coefficient (Wildman–Crippen LogP) is 1.85. The van der Waals surface area contributed by atoms with Gasteiger partial charge in [0.05, 0.1) is 16.4 Å². The Morgan fingerprint density at radius 1 is 1.12 bits per heavy atom. The molecule has 128 valence electrons. The lowest BCUT2D eigenvalue weighted by Gasteiger charge is -2.37. The maximum absolute atomic E-state index is 12.7. The lowest BCUT2D eigenvalue weighted by atomic mass is 10.2. The van der Waals surface area contributed by atoms with Gasteiger partial charge in [-0.25, -0.2) is 8.42 Å². The molecule has 1 amide bonds. The van der Waals surface area contributed by atoms with Gasteiger partial charge in [0.25, 0.3) is 5.91 Å². The van der Waals surface area contributed by atoms with E-state index in [-0.39, 0.29) is 17.7 Å². The summed E-state index contributed by atoms with van der Waals surface area (Å²) in [4.78, 5) is 17.6. The first-order chi connectivity index (χ1) is 11.5. The van der Waals surface area contributed by atoms with Crippen LogP contribution in [0.3, 0.4) is 0 Å². The molecule has 2 aromatic rings. The number of carbonyl (C=O) groups is 1. The molecule has 0 radical (unpaired) electrons. The molecule has 0 bridgehead atoms. The second-order valence-electron chi connectivity index (χ2n) is 6.53. The Kier molecular flexibility index (Phi) is 4.10. The fourth-order valence-corrected chi connectivity index (χ4v) is 6.39. The number of amides is 1. The van der Waals surface area contributed by atoms with Gasteiger partial charge in [0.2, 0.25) is 0 Å². The van der Waals surface area contributed by atoms with Gasteiger partial charge in [-0.05, 0) is 23.9 Å². The first kappa shape index (κ1) is 16.1. The van der Waals surface area contributed by atoms with Gasteiger partial charge in [-0.2, -0.15) is 0 Å². The standard InChI is InChI=1S/C17H20N2O3S2/c20-17(16-11-13-3-1-2-4-15(13)23-16)19-8-6-18(7-9-19)14-5-10-24(21,22)12-14/h1-4,11,14H,5-10,12H2/t14-/m0/s1. The number of thiophene rings is 1. The molecule has 0 saturated carbocycles. The fourth-order valence-electron chi connectivity index (χ4n) is 3.60. The number of piperazine rings is 1. The lowest BCUT2D eigenvalue weighted by Crippen LogP contribution is -2.52. The molecule has 4 rings (SSSR count). The lowest BCUT2D eigenvalue weighted by molar-refractivity contribution is 0.0592. The van der Waals surface area contributed by atoms with E-state index in [2.05, 4.69) is 4.90 Å². The molecule has 0 aliphatic carbocycles. The number of hydrogen-bond donors (Lipinski definition) is 0. The Balaban J connectivity index is 1.41. The normalized spacial score (nSPS) is 24.5. The van der Waals surface area contributed by atoms with Gasteiger partial charge >= 0.3 is 0 Å². The number of benzene rings is 1. The first-order valence-electron chi connectivity index (χ1n) is 8.24. The van der Waals surface area contributed by atoms with Crippen molar-refractivity contribution in [3.63, 3.8) is 0 Å².